The van der Waals surface area contributed by atoms with Crippen molar-refractivity contribution < 1.29 is 38.4 Å². The molecule has 0 aromatic rings. The molecule has 0 spiro atoms. The number of thioether (sulfide) groups is 1. The number of hydrogen-bond donors (Lipinski definition) is 1. The summed E-state index contributed by atoms with van der Waals surface area (Å²) in [6.07, 6.45) is 4.99. The number of nitro groups is 1. The minimum absolute atomic E-state index is 0. The Labute approximate surface area is 136 Å². The molecule has 0 aromatic heterocycles. The smallest absolute Gasteiger partial charge is 0.412 e. The monoisotopic (exact) mass is 420 g/mol. The average Bonchev–Trinajstić information content (AvgIpc) is 2.29. The van der Waals surface area contributed by atoms with Gasteiger partial charge in [0.15, 0.2) is 5.03 Å². The molecule has 1 fully saturated rings. The van der Waals surface area contributed by atoms with Gasteiger partial charge < -0.3 is 34.0 Å². The molecule has 19 heavy (non-hydrogen) atoms. The molecule has 1 saturated heterocycles. The maximum atomic E-state index is 11.7. The van der Waals surface area contributed by atoms with Gasteiger partial charge in [0.05, 0.1) is 17.4 Å². The second-order valence-electron chi connectivity index (χ2n) is 3.89. The van der Waals surface area contributed by atoms with Crippen LogP contribution in [0, 0.1) is 10.1 Å². The van der Waals surface area contributed by atoms with Gasteiger partial charge in [-0.05, 0) is 17.3 Å². The minimum atomic E-state index is -0.845. The molecule has 0 saturated carbocycles. The lowest BCUT2D eigenvalue weighted by atomic mass is 10.4. The second kappa shape index (κ2) is 9.70. The Kier molecular flexibility index (Phi) is 9.62. The number of carbonyl (C=O) groups is 1. The van der Waals surface area contributed by atoms with E-state index in [4.69, 9.17) is 4.74 Å². The maximum absolute atomic E-state index is 11.7. The Hall–Kier alpha value is -0.160. The molecule has 0 bridgehead atoms. The van der Waals surface area contributed by atoms with Crippen molar-refractivity contribution in [3.63, 3.8) is 0 Å². The van der Waals surface area contributed by atoms with E-state index in [-0.39, 0.29) is 41.5 Å². The van der Waals surface area contributed by atoms with E-state index in [0.717, 1.165) is 17.9 Å². The molecule has 0 radical (unpaired) electrons. The summed E-state index contributed by atoms with van der Waals surface area (Å²) >= 11 is 1.30. The lowest BCUT2D eigenvalue weighted by molar-refractivity contribution is -0.422. The molecule has 0 aliphatic carbocycles. The largest absolute Gasteiger partial charge is 1.00 e. The highest BCUT2D eigenvalue weighted by Gasteiger charge is 2.31. The van der Waals surface area contributed by atoms with E-state index >= 15 is 0 Å². The number of ether oxygens (including phenoxy) is 1. The van der Waals surface area contributed by atoms with Crippen LogP contribution in [0.25, 0.3) is 0 Å². The SMILES string of the molecule is C[S+](C)CCOC(=O)/C(=C1/NCCCS1)[N+](=O)[O-].[I-]. The van der Waals surface area contributed by atoms with Crippen molar-refractivity contribution in [1.82, 2.24) is 5.32 Å². The quantitative estimate of drug-likeness (QED) is 0.133. The fourth-order valence-electron chi connectivity index (χ4n) is 1.27. The topological polar surface area (TPSA) is 81.5 Å². The zero-order chi connectivity index (χ0) is 13.5. The molecule has 110 valence electrons. The number of halogens is 1. The van der Waals surface area contributed by atoms with Crippen LogP contribution in [-0.2, 0) is 20.4 Å². The molecular formula is C10H17IN2O4S2. The van der Waals surface area contributed by atoms with E-state index in [2.05, 4.69) is 5.32 Å². The van der Waals surface area contributed by atoms with Gasteiger partial charge in [-0.1, -0.05) is 0 Å². The fraction of sp³-hybridized carbons (Fsp3) is 0.700. The van der Waals surface area contributed by atoms with E-state index in [1.165, 1.54) is 11.8 Å². The number of hydrogen-bond acceptors (Lipinski definition) is 6. The third-order valence-electron chi connectivity index (χ3n) is 2.17. The van der Waals surface area contributed by atoms with Crippen LogP contribution < -0.4 is 29.3 Å². The van der Waals surface area contributed by atoms with Gasteiger partial charge in [-0.25, -0.2) is 4.79 Å². The predicted octanol–water partition coefficient (Wildman–Crippen LogP) is -2.42. The first-order valence-corrected chi connectivity index (χ1v) is 8.68. The summed E-state index contributed by atoms with van der Waals surface area (Å²) in [5.74, 6) is 0.662. The number of nitrogens with zero attached hydrogens (tertiary/aromatic N) is 1. The van der Waals surface area contributed by atoms with Crippen LogP contribution in [-0.4, -0.2) is 48.1 Å². The molecular weight excluding hydrogens is 403 g/mol. The zero-order valence-corrected chi connectivity index (χ0v) is 14.6. The standard InChI is InChI=1S/C10H16N2O4S2.HI/c1-18(2)7-5-16-10(13)8(12(14)15)9-11-4-3-6-17-9;/h3-7H2,1-2H3;1H. The lowest BCUT2D eigenvalue weighted by Gasteiger charge is -2.15. The van der Waals surface area contributed by atoms with E-state index in [1.807, 2.05) is 12.5 Å². The molecule has 0 aromatic carbocycles. The Morgan fingerprint density at radius 2 is 2.26 bits per heavy atom. The molecule has 1 heterocycles. The Bertz CT molecular complexity index is 355. The summed E-state index contributed by atoms with van der Waals surface area (Å²) in [6, 6.07) is 0. The van der Waals surface area contributed by atoms with Crippen LogP contribution in [0.2, 0.25) is 0 Å². The van der Waals surface area contributed by atoms with Gasteiger partial charge in [0.1, 0.15) is 12.4 Å². The van der Waals surface area contributed by atoms with Crippen molar-refractivity contribution in [2.24, 2.45) is 0 Å². The Balaban J connectivity index is 0.00000324. The summed E-state index contributed by atoms with van der Waals surface area (Å²) in [5.41, 5.74) is -0.466. The molecule has 1 aliphatic rings. The van der Waals surface area contributed by atoms with Crippen molar-refractivity contribution in [3.05, 3.63) is 20.8 Å². The van der Waals surface area contributed by atoms with Crippen molar-refractivity contribution in [1.29, 1.82) is 0 Å². The van der Waals surface area contributed by atoms with Gasteiger partial charge >= 0.3 is 11.7 Å². The molecule has 0 unspecified atom stereocenters. The van der Waals surface area contributed by atoms with Gasteiger partial charge in [-0.3, -0.25) is 10.1 Å². The highest BCUT2D eigenvalue weighted by atomic mass is 127. The zero-order valence-electron chi connectivity index (χ0n) is 10.8. The second-order valence-corrected chi connectivity index (χ2v) is 7.37. The first kappa shape index (κ1) is 18.8. The molecule has 0 atom stereocenters. The number of rotatable bonds is 5. The van der Waals surface area contributed by atoms with Crippen LogP contribution >= 0.6 is 11.8 Å². The van der Waals surface area contributed by atoms with Crippen LogP contribution in [0.5, 0.6) is 0 Å². The van der Waals surface area contributed by atoms with Gasteiger partial charge in [0, 0.05) is 12.3 Å². The minimum Gasteiger partial charge on any atom is -1.00 e. The maximum Gasteiger partial charge on any atom is 0.412 e. The highest BCUT2D eigenvalue weighted by molar-refractivity contribution is 8.03. The lowest BCUT2D eigenvalue weighted by Crippen LogP contribution is -3.00. The van der Waals surface area contributed by atoms with Crippen molar-refractivity contribution in [3.8, 4) is 0 Å². The van der Waals surface area contributed by atoms with Crippen molar-refractivity contribution in [2.75, 3.05) is 37.2 Å². The van der Waals surface area contributed by atoms with Gasteiger partial charge in [0.25, 0.3) is 0 Å². The van der Waals surface area contributed by atoms with Crippen LogP contribution in [0.3, 0.4) is 0 Å². The average molecular weight is 420 g/mol. The number of esters is 1. The van der Waals surface area contributed by atoms with E-state index < -0.39 is 16.6 Å². The van der Waals surface area contributed by atoms with Crippen molar-refractivity contribution in [2.45, 2.75) is 6.42 Å². The summed E-state index contributed by atoms with van der Waals surface area (Å²) in [4.78, 5) is 22.0. The number of carbonyl (C=O) groups excluding carboxylic acids is 1. The van der Waals surface area contributed by atoms with Gasteiger partial charge in [-0.15, -0.1) is 11.8 Å². The molecule has 1 N–H and O–H groups in total. The Morgan fingerprint density at radius 1 is 1.58 bits per heavy atom. The van der Waals surface area contributed by atoms with Gasteiger partial charge in [0.2, 0.25) is 0 Å². The molecule has 0 amide bonds. The predicted molar refractivity (Wildman–Crippen MR) is 74.1 cm³/mol. The van der Waals surface area contributed by atoms with Gasteiger partial charge in [-0.2, -0.15) is 0 Å². The normalized spacial score (nSPS) is 17.2. The molecule has 9 heteroatoms. The summed E-state index contributed by atoms with van der Waals surface area (Å²) in [6.45, 7) is 0.880. The Morgan fingerprint density at radius 3 is 2.74 bits per heavy atom. The summed E-state index contributed by atoms with van der Waals surface area (Å²) < 4.78 is 4.94. The van der Waals surface area contributed by atoms with Crippen LogP contribution in [0.4, 0.5) is 0 Å². The summed E-state index contributed by atoms with van der Waals surface area (Å²) in [5, 5.41) is 14.1. The van der Waals surface area contributed by atoms with E-state index in [1.54, 1.807) is 0 Å². The van der Waals surface area contributed by atoms with E-state index in [0.29, 0.717) is 11.6 Å². The molecule has 1 aliphatic heterocycles. The number of nitrogens with one attached hydrogen (secondary N) is 1. The highest BCUT2D eigenvalue weighted by Crippen LogP contribution is 2.22. The van der Waals surface area contributed by atoms with Crippen LogP contribution in [0.1, 0.15) is 6.42 Å². The third kappa shape index (κ3) is 6.70. The first-order valence-electron chi connectivity index (χ1n) is 5.49. The first-order chi connectivity index (χ1) is 8.52. The third-order valence-corrected chi connectivity index (χ3v) is 4.27. The molecule has 6 nitrogen and oxygen atoms in total. The van der Waals surface area contributed by atoms with Crippen LogP contribution in [0.15, 0.2) is 10.7 Å². The van der Waals surface area contributed by atoms with E-state index in [9.17, 15) is 14.9 Å². The molecule has 1 rings (SSSR count). The van der Waals surface area contributed by atoms with Crippen molar-refractivity contribution >= 4 is 28.6 Å². The fourth-order valence-corrected chi connectivity index (χ4v) is 2.68. The summed E-state index contributed by atoms with van der Waals surface area (Å²) in [7, 11) is 0.155.